The number of halogens is 1. The van der Waals surface area contributed by atoms with E-state index in [0.29, 0.717) is 11.1 Å². The molecule has 0 saturated heterocycles. The molecule has 110 valence electrons. The van der Waals surface area contributed by atoms with E-state index in [1.807, 2.05) is 6.07 Å². The molecule has 0 atom stereocenters. The number of thiophene rings is 1. The molecule has 2 aromatic rings. The third kappa shape index (κ3) is 3.64. The summed E-state index contributed by atoms with van der Waals surface area (Å²) in [6, 6.07) is 7.76. The van der Waals surface area contributed by atoms with Crippen molar-refractivity contribution in [1.82, 2.24) is 4.90 Å². The Morgan fingerprint density at radius 1 is 1.33 bits per heavy atom. The number of hydrogen-bond donors (Lipinski definition) is 1. The van der Waals surface area contributed by atoms with Crippen molar-refractivity contribution in [2.45, 2.75) is 32.0 Å². The maximum Gasteiger partial charge on any atom is 0.335 e. The summed E-state index contributed by atoms with van der Waals surface area (Å²) in [6.45, 7) is 1.68. The maximum atomic E-state index is 10.9. The smallest absolute Gasteiger partial charge is 0.335 e. The van der Waals surface area contributed by atoms with Crippen LogP contribution in [0.4, 0.5) is 0 Å². The van der Waals surface area contributed by atoms with Gasteiger partial charge in [-0.05, 0) is 52.9 Å². The van der Waals surface area contributed by atoms with Gasteiger partial charge in [-0.15, -0.1) is 0 Å². The first-order valence-electron chi connectivity index (χ1n) is 6.90. The van der Waals surface area contributed by atoms with E-state index < -0.39 is 5.97 Å². The average Bonchev–Trinajstić information content (AvgIpc) is 3.18. The molecule has 1 aliphatic rings. The molecular weight excluding hydrogens is 306 g/mol. The monoisotopic (exact) mass is 321 g/mol. The summed E-state index contributed by atoms with van der Waals surface area (Å²) in [5, 5.41) is 13.8. The highest BCUT2D eigenvalue weighted by molar-refractivity contribution is 7.07. The molecule has 1 N–H and O–H groups in total. The normalized spacial score (nSPS) is 14.6. The molecule has 1 aliphatic carbocycles. The minimum Gasteiger partial charge on any atom is -0.478 e. The maximum absolute atomic E-state index is 10.9. The highest BCUT2D eigenvalue weighted by atomic mass is 35.5. The lowest BCUT2D eigenvalue weighted by molar-refractivity contribution is 0.0697. The van der Waals surface area contributed by atoms with Crippen LogP contribution in [0, 0.1) is 0 Å². The third-order valence-corrected chi connectivity index (χ3v) is 4.79. The van der Waals surface area contributed by atoms with Crippen molar-refractivity contribution in [1.29, 1.82) is 0 Å². The van der Waals surface area contributed by atoms with Crippen molar-refractivity contribution >= 4 is 28.9 Å². The molecule has 0 amide bonds. The van der Waals surface area contributed by atoms with E-state index in [9.17, 15) is 4.79 Å². The third-order valence-electron chi connectivity index (χ3n) is 3.70. The van der Waals surface area contributed by atoms with Crippen molar-refractivity contribution in [3.8, 4) is 0 Å². The number of hydrogen-bond acceptors (Lipinski definition) is 3. The fourth-order valence-corrected chi connectivity index (χ4v) is 3.30. The van der Waals surface area contributed by atoms with Crippen LogP contribution in [0.3, 0.4) is 0 Å². The molecule has 0 aliphatic heterocycles. The predicted octanol–water partition coefficient (Wildman–Crippen LogP) is 4.26. The Bertz CT molecular complexity index is 638. The quantitative estimate of drug-likeness (QED) is 0.864. The van der Waals surface area contributed by atoms with E-state index in [-0.39, 0.29) is 5.56 Å². The molecule has 1 fully saturated rings. The van der Waals surface area contributed by atoms with Gasteiger partial charge in [-0.2, -0.15) is 11.3 Å². The molecule has 3 nitrogen and oxygen atoms in total. The zero-order chi connectivity index (χ0) is 14.8. The second-order valence-corrected chi connectivity index (χ2v) is 6.57. The first-order chi connectivity index (χ1) is 10.1. The Balaban J connectivity index is 1.75. The second-order valence-electron chi connectivity index (χ2n) is 5.38. The zero-order valence-corrected chi connectivity index (χ0v) is 13.0. The Kier molecular flexibility index (Phi) is 4.29. The highest BCUT2D eigenvalue weighted by Gasteiger charge is 2.29. The number of carboxylic acids is 1. The van der Waals surface area contributed by atoms with Gasteiger partial charge in [0, 0.05) is 24.2 Å². The molecular formula is C16H16ClNO2S. The number of carboxylic acid groups (broad SMARTS) is 1. The average molecular weight is 322 g/mol. The summed E-state index contributed by atoms with van der Waals surface area (Å²) in [6.07, 6.45) is 2.46. The van der Waals surface area contributed by atoms with Crippen LogP contribution in [0.5, 0.6) is 0 Å². The van der Waals surface area contributed by atoms with Gasteiger partial charge in [-0.3, -0.25) is 4.90 Å². The van der Waals surface area contributed by atoms with Gasteiger partial charge >= 0.3 is 5.97 Å². The first-order valence-corrected chi connectivity index (χ1v) is 8.22. The van der Waals surface area contributed by atoms with Crippen LogP contribution in [-0.4, -0.2) is 22.0 Å². The van der Waals surface area contributed by atoms with Crippen molar-refractivity contribution in [2.24, 2.45) is 0 Å². The standard InChI is InChI=1S/C16H16ClNO2S/c17-15-7-12(16(19)20)1-2-13(15)9-18(14-3-4-14)8-11-5-6-21-10-11/h1-2,5-7,10,14H,3-4,8-9H2,(H,19,20). The van der Waals surface area contributed by atoms with Crippen LogP contribution in [0.25, 0.3) is 0 Å². The van der Waals surface area contributed by atoms with Crippen molar-refractivity contribution < 1.29 is 9.90 Å². The van der Waals surface area contributed by atoms with Crippen LogP contribution in [0.15, 0.2) is 35.0 Å². The first kappa shape index (κ1) is 14.6. The van der Waals surface area contributed by atoms with E-state index in [0.717, 1.165) is 18.7 Å². The van der Waals surface area contributed by atoms with Crippen molar-refractivity contribution in [3.05, 3.63) is 56.7 Å². The number of rotatable bonds is 6. The fourth-order valence-electron chi connectivity index (χ4n) is 2.40. The number of carbonyl (C=O) groups is 1. The lowest BCUT2D eigenvalue weighted by Gasteiger charge is -2.22. The van der Waals surface area contributed by atoms with Gasteiger partial charge in [0.1, 0.15) is 0 Å². The summed E-state index contributed by atoms with van der Waals surface area (Å²) in [4.78, 5) is 13.4. The summed E-state index contributed by atoms with van der Waals surface area (Å²) >= 11 is 7.95. The molecule has 0 spiro atoms. The molecule has 0 bridgehead atoms. The van der Waals surface area contributed by atoms with Gasteiger partial charge in [0.2, 0.25) is 0 Å². The van der Waals surface area contributed by atoms with Crippen LogP contribution in [-0.2, 0) is 13.1 Å². The molecule has 1 aromatic heterocycles. The molecule has 1 heterocycles. The lowest BCUT2D eigenvalue weighted by atomic mass is 10.1. The van der Waals surface area contributed by atoms with Gasteiger partial charge in [-0.25, -0.2) is 4.79 Å². The van der Waals surface area contributed by atoms with E-state index >= 15 is 0 Å². The second kappa shape index (κ2) is 6.18. The Hall–Kier alpha value is -1.36. The summed E-state index contributed by atoms with van der Waals surface area (Å²) in [7, 11) is 0. The van der Waals surface area contributed by atoms with Crippen LogP contribution < -0.4 is 0 Å². The number of nitrogens with zero attached hydrogens (tertiary/aromatic N) is 1. The summed E-state index contributed by atoms with van der Waals surface area (Å²) < 4.78 is 0. The molecule has 0 unspecified atom stereocenters. The van der Waals surface area contributed by atoms with Gasteiger partial charge in [0.05, 0.1) is 5.56 Å². The minimum atomic E-state index is -0.944. The topological polar surface area (TPSA) is 40.5 Å². The fraction of sp³-hybridized carbons (Fsp3) is 0.312. The zero-order valence-electron chi connectivity index (χ0n) is 11.5. The Morgan fingerprint density at radius 2 is 2.14 bits per heavy atom. The van der Waals surface area contributed by atoms with Crippen LogP contribution >= 0.6 is 22.9 Å². The molecule has 0 radical (unpaired) electrons. The lowest BCUT2D eigenvalue weighted by Crippen LogP contribution is -2.25. The number of aromatic carboxylic acids is 1. The van der Waals surface area contributed by atoms with Crippen LogP contribution in [0.1, 0.15) is 34.3 Å². The van der Waals surface area contributed by atoms with E-state index in [1.165, 1.54) is 24.5 Å². The minimum absolute atomic E-state index is 0.236. The van der Waals surface area contributed by atoms with Crippen molar-refractivity contribution in [2.75, 3.05) is 0 Å². The summed E-state index contributed by atoms with van der Waals surface area (Å²) in [5.41, 5.74) is 2.55. The molecule has 3 rings (SSSR count). The SMILES string of the molecule is O=C(O)c1ccc(CN(Cc2ccsc2)C2CC2)c(Cl)c1. The van der Waals surface area contributed by atoms with Crippen molar-refractivity contribution in [3.63, 3.8) is 0 Å². The summed E-state index contributed by atoms with van der Waals surface area (Å²) in [5.74, 6) is -0.944. The Morgan fingerprint density at radius 3 is 2.71 bits per heavy atom. The Labute approximate surface area is 132 Å². The van der Waals surface area contributed by atoms with E-state index in [4.69, 9.17) is 16.7 Å². The van der Waals surface area contributed by atoms with E-state index in [1.54, 1.807) is 17.4 Å². The van der Waals surface area contributed by atoms with Gasteiger partial charge in [0.25, 0.3) is 0 Å². The molecule has 1 aromatic carbocycles. The van der Waals surface area contributed by atoms with Gasteiger partial charge in [-0.1, -0.05) is 17.7 Å². The van der Waals surface area contributed by atoms with Crippen LogP contribution in [0.2, 0.25) is 5.02 Å². The van der Waals surface area contributed by atoms with Gasteiger partial charge < -0.3 is 5.11 Å². The largest absolute Gasteiger partial charge is 0.478 e. The number of benzene rings is 1. The van der Waals surface area contributed by atoms with E-state index in [2.05, 4.69) is 21.7 Å². The molecule has 21 heavy (non-hydrogen) atoms. The molecule has 1 saturated carbocycles. The van der Waals surface area contributed by atoms with Gasteiger partial charge in [0.15, 0.2) is 0 Å². The predicted molar refractivity (Wildman–Crippen MR) is 85.0 cm³/mol. The highest BCUT2D eigenvalue weighted by Crippen LogP contribution is 2.31. The molecule has 5 heteroatoms.